The van der Waals surface area contributed by atoms with Crippen LogP contribution in [-0.4, -0.2) is 81.8 Å². The van der Waals surface area contributed by atoms with Crippen LogP contribution < -0.4 is 0 Å². The zero-order chi connectivity index (χ0) is 24.6. The average molecular weight is 463 g/mol. The van der Waals surface area contributed by atoms with Gasteiger partial charge in [0.25, 0.3) is 0 Å². The number of esters is 1. The predicted octanol–water partition coefficient (Wildman–Crippen LogP) is 2.06. The van der Waals surface area contributed by atoms with Crippen LogP contribution in [0.15, 0.2) is 25.3 Å². The van der Waals surface area contributed by atoms with Crippen molar-refractivity contribution in [1.82, 2.24) is 9.80 Å². The molecular weight excluding hydrogens is 424 g/mol. The maximum atomic E-state index is 13.9. The van der Waals surface area contributed by atoms with Gasteiger partial charge in [-0.1, -0.05) is 12.2 Å². The lowest BCUT2D eigenvalue weighted by Crippen LogP contribution is -2.59. The molecule has 0 aromatic carbocycles. The number of unbranched alkanes of at least 4 members (excludes halogenated alkanes) is 1. The normalized spacial score (nSPS) is 33.2. The van der Waals surface area contributed by atoms with Crippen molar-refractivity contribution < 1.29 is 29.0 Å². The van der Waals surface area contributed by atoms with Gasteiger partial charge in [-0.15, -0.1) is 13.2 Å². The van der Waals surface area contributed by atoms with Gasteiger partial charge in [0.15, 0.2) is 0 Å². The number of fused-ring (bicyclic) bond motifs is 1. The molecule has 0 radical (unpaired) electrons. The molecule has 2 unspecified atom stereocenters. The fourth-order valence-electron chi connectivity index (χ4n) is 5.90. The first-order valence-corrected chi connectivity index (χ1v) is 11.9. The number of aliphatic hydroxyl groups excluding tert-OH is 1. The number of carbonyl (C=O) groups is 3. The SMILES string of the molecule is C=CCCCOC(=O)[C@H]1[C@H]2C(=O)N([C@H](C)CO)C(C(=O)N(CC=C)C(C)C)C23CC[C@]1(C)O3. The number of hydrogen-bond donors (Lipinski definition) is 1. The molecule has 8 nitrogen and oxygen atoms in total. The predicted molar refractivity (Wildman–Crippen MR) is 123 cm³/mol. The van der Waals surface area contributed by atoms with Gasteiger partial charge >= 0.3 is 5.97 Å². The van der Waals surface area contributed by atoms with E-state index in [0.717, 1.165) is 6.42 Å². The highest BCUT2D eigenvalue weighted by atomic mass is 16.6. The van der Waals surface area contributed by atoms with Crippen molar-refractivity contribution in [3.05, 3.63) is 25.3 Å². The Morgan fingerprint density at radius 3 is 2.58 bits per heavy atom. The van der Waals surface area contributed by atoms with Gasteiger partial charge in [0.05, 0.1) is 30.8 Å². The molecule has 0 aliphatic carbocycles. The van der Waals surface area contributed by atoms with Gasteiger partial charge in [0.2, 0.25) is 11.8 Å². The fraction of sp³-hybridized carbons (Fsp3) is 0.720. The van der Waals surface area contributed by atoms with E-state index in [1.807, 2.05) is 20.8 Å². The maximum absolute atomic E-state index is 13.9. The minimum absolute atomic E-state index is 0.118. The van der Waals surface area contributed by atoms with E-state index in [1.54, 1.807) is 24.0 Å². The Kier molecular flexibility index (Phi) is 7.39. The van der Waals surface area contributed by atoms with Gasteiger partial charge in [0, 0.05) is 12.6 Å². The Balaban J connectivity index is 2.01. The van der Waals surface area contributed by atoms with Gasteiger partial charge in [-0.3, -0.25) is 14.4 Å². The second-order valence-corrected chi connectivity index (χ2v) is 9.98. The zero-order valence-corrected chi connectivity index (χ0v) is 20.3. The summed E-state index contributed by atoms with van der Waals surface area (Å²) >= 11 is 0. The number of carbonyl (C=O) groups excluding carboxylic acids is 3. The van der Waals surface area contributed by atoms with Crippen molar-refractivity contribution >= 4 is 17.8 Å². The molecule has 8 heteroatoms. The number of amides is 2. The van der Waals surface area contributed by atoms with E-state index < -0.39 is 41.1 Å². The summed E-state index contributed by atoms with van der Waals surface area (Å²) in [5.74, 6) is -2.64. The summed E-state index contributed by atoms with van der Waals surface area (Å²) in [5.41, 5.74) is -1.99. The second-order valence-electron chi connectivity index (χ2n) is 9.98. The third kappa shape index (κ3) is 4.01. The quantitative estimate of drug-likeness (QED) is 0.287. The van der Waals surface area contributed by atoms with E-state index in [0.29, 0.717) is 25.8 Å². The highest BCUT2D eigenvalue weighted by Gasteiger charge is 2.78. The van der Waals surface area contributed by atoms with Gasteiger partial charge < -0.3 is 24.4 Å². The molecule has 1 N–H and O–H groups in total. The number of allylic oxidation sites excluding steroid dienone is 1. The van der Waals surface area contributed by atoms with Gasteiger partial charge in [-0.25, -0.2) is 0 Å². The van der Waals surface area contributed by atoms with Crippen molar-refractivity contribution in [3.8, 4) is 0 Å². The molecule has 2 bridgehead atoms. The summed E-state index contributed by atoms with van der Waals surface area (Å²) in [6.07, 6.45) is 5.84. The molecule has 33 heavy (non-hydrogen) atoms. The van der Waals surface area contributed by atoms with Crippen LogP contribution in [0, 0.1) is 11.8 Å². The van der Waals surface area contributed by atoms with Crippen LogP contribution in [-0.2, 0) is 23.9 Å². The second kappa shape index (κ2) is 9.58. The number of nitrogens with zero attached hydrogens (tertiary/aromatic N) is 2. The van der Waals surface area contributed by atoms with Crippen LogP contribution in [0.25, 0.3) is 0 Å². The largest absolute Gasteiger partial charge is 0.465 e. The first-order valence-electron chi connectivity index (χ1n) is 11.9. The zero-order valence-electron chi connectivity index (χ0n) is 20.3. The maximum Gasteiger partial charge on any atom is 0.312 e. The Morgan fingerprint density at radius 1 is 1.30 bits per heavy atom. The topological polar surface area (TPSA) is 96.4 Å². The number of likely N-dealkylation sites (tertiary alicyclic amines) is 1. The minimum atomic E-state index is -1.12. The van der Waals surface area contributed by atoms with Crippen molar-refractivity contribution in [1.29, 1.82) is 0 Å². The number of rotatable bonds is 11. The summed E-state index contributed by atoms with van der Waals surface area (Å²) in [7, 11) is 0. The van der Waals surface area contributed by atoms with E-state index in [4.69, 9.17) is 9.47 Å². The monoisotopic (exact) mass is 462 g/mol. The molecule has 184 valence electrons. The molecule has 3 rings (SSSR count). The lowest BCUT2D eigenvalue weighted by Gasteiger charge is -2.39. The summed E-state index contributed by atoms with van der Waals surface area (Å²) in [5, 5.41) is 9.91. The first-order chi connectivity index (χ1) is 15.6. The third-order valence-electron chi connectivity index (χ3n) is 7.47. The van der Waals surface area contributed by atoms with Gasteiger partial charge in [-0.2, -0.15) is 0 Å². The molecule has 3 saturated heterocycles. The fourth-order valence-corrected chi connectivity index (χ4v) is 5.90. The van der Waals surface area contributed by atoms with Crippen molar-refractivity contribution in [2.24, 2.45) is 11.8 Å². The molecular formula is C25H38N2O6. The lowest BCUT2D eigenvalue weighted by molar-refractivity contribution is -0.162. The molecule has 0 aromatic heterocycles. The summed E-state index contributed by atoms with van der Waals surface area (Å²) < 4.78 is 12.1. The number of hydrogen-bond acceptors (Lipinski definition) is 6. The molecule has 0 saturated carbocycles. The minimum Gasteiger partial charge on any atom is -0.465 e. The molecule has 2 amide bonds. The molecule has 1 spiro atoms. The number of aliphatic hydroxyl groups is 1. The number of ether oxygens (including phenoxy) is 2. The molecule has 3 heterocycles. The third-order valence-corrected chi connectivity index (χ3v) is 7.47. The smallest absolute Gasteiger partial charge is 0.312 e. The summed E-state index contributed by atoms with van der Waals surface area (Å²) in [6.45, 7) is 15.1. The molecule has 3 aliphatic rings. The Morgan fingerprint density at radius 2 is 2.00 bits per heavy atom. The van der Waals surface area contributed by atoms with Gasteiger partial charge in [0.1, 0.15) is 17.6 Å². The van der Waals surface area contributed by atoms with Crippen molar-refractivity contribution in [3.63, 3.8) is 0 Å². The van der Waals surface area contributed by atoms with E-state index in [1.165, 1.54) is 4.90 Å². The van der Waals surface area contributed by atoms with Crippen LogP contribution in [0.1, 0.15) is 53.4 Å². The van der Waals surface area contributed by atoms with Crippen LogP contribution >= 0.6 is 0 Å². The average Bonchev–Trinajstić information content (AvgIpc) is 3.34. The molecule has 3 aliphatic heterocycles. The highest BCUT2D eigenvalue weighted by Crippen LogP contribution is 2.63. The van der Waals surface area contributed by atoms with Crippen LogP contribution in [0.4, 0.5) is 0 Å². The van der Waals surface area contributed by atoms with E-state index >= 15 is 0 Å². The Bertz CT molecular complexity index is 813. The lowest BCUT2D eigenvalue weighted by atomic mass is 9.66. The highest BCUT2D eigenvalue weighted by molar-refractivity contribution is 5.98. The van der Waals surface area contributed by atoms with Crippen LogP contribution in [0.2, 0.25) is 0 Å². The van der Waals surface area contributed by atoms with E-state index in [9.17, 15) is 19.5 Å². The Labute approximate surface area is 196 Å². The summed E-state index contributed by atoms with van der Waals surface area (Å²) in [4.78, 5) is 44.0. The van der Waals surface area contributed by atoms with E-state index in [2.05, 4.69) is 13.2 Å². The van der Waals surface area contributed by atoms with Crippen molar-refractivity contribution in [2.75, 3.05) is 19.8 Å². The summed E-state index contributed by atoms with van der Waals surface area (Å²) in [6, 6.07) is -1.63. The Hall–Kier alpha value is -2.19. The van der Waals surface area contributed by atoms with Crippen LogP contribution in [0.3, 0.4) is 0 Å². The standard InChI is InChI=1S/C25H38N2O6/c1-7-9-10-14-32-23(31)19-18-21(29)27(17(5)15-28)20(22(30)26(13-8-2)16(3)4)25(18)12-11-24(19,6)33-25/h7-8,16-20,28H,1-2,9-15H2,3-6H3/t17-,18+,19-,20?,24+,25?/m1/s1. The van der Waals surface area contributed by atoms with Crippen LogP contribution in [0.5, 0.6) is 0 Å². The van der Waals surface area contributed by atoms with Crippen molar-refractivity contribution in [2.45, 2.75) is 82.7 Å². The van der Waals surface area contributed by atoms with E-state index in [-0.39, 0.29) is 31.1 Å². The first kappa shape index (κ1) is 25.4. The molecule has 3 fully saturated rings. The van der Waals surface area contributed by atoms with Gasteiger partial charge in [-0.05, 0) is 53.4 Å². The molecule has 0 aromatic rings. The molecule has 6 atom stereocenters.